The minimum Gasteiger partial charge on any atom is -0.343 e. The number of rotatable bonds is 4. The van der Waals surface area contributed by atoms with Gasteiger partial charge in [-0.3, -0.25) is 9.48 Å². The fraction of sp³-hybridized carbons (Fsp3) is 0.765. The number of hydrogen-bond acceptors (Lipinski definition) is 3. The summed E-state index contributed by atoms with van der Waals surface area (Å²) in [5.41, 5.74) is 6.10. The lowest BCUT2D eigenvalue weighted by Crippen LogP contribution is -2.43. The summed E-state index contributed by atoms with van der Waals surface area (Å²) >= 11 is 3.44. The third-order valence-corrected chi connectivity index (χ3v) is 6.04. The Bertz CT molecular complexity index is 536. The molecule has 1 aromatic rings. The van der Waals surface area contributed by atoms with Crippen LogP contribution in [0.4, 0.5) is 0 Å². The fourth-order valence-electron chi connectivity index (χ4n) is 4.08. The maximum absolute atomic E-state index is 12.7. The Morgan fingerprint density at radius 2 is 1.96 bits per heavy atom. The minimum absolute atomic E-state index is 0. The molecule has 1 aromatic heterocycles. The van der Waals surface area contributed by atoms with Crippen LogP contribution >= 0.6 is 28.3 Å². The highest BCUT2D eigenvalue weighted by Crippen LogP contribution is 2.39. The average Bonchev–Trinajstić information content (AvgIpc) is 3.02. The fourth-order valence-corrected chi connectivity index (χ4v) is 4.38. The van der Waals surface area contributed by atoms with E-state index in [1.54, 1.807) is 0 Å². The zero-order valence-corrected chi connectivity index (χ0v) is 16.5. The summed E-state index contributed by atoms with van der Waals surface area (Å²) in [7, 11) is 0. The zero-order valence-electron chi connectivity index (χ0n) is 14.1. The molecule has 1 aliphatic carbocycles. The van der Waals surface area contributed by atoms with Crippen LogP contribution in [-0.2, 0) is 4.79 Å². The van der Waals surface area contributed by atoms with Gasteiger partial charge in [-0.2, -0.15) is 5.10 Å². The number of nitrogens with zero attached hydrogens (tertiary/aromatic N) is 3. The molecule has 2 N–H and O–H groups in total. The highest BCUT2D eigenvalue weighted by atomic mass is 79.9. The average molecular weight is 420 g/mol. The van der Waals surface area contributed by atoms with Crippen molar-refractivity contribution in [2.75, 3.05) is 19.6 Å². The Morgan fingerprint density at radius 3 is 2.50 bits per heavy atom. The van der Waals surface area contributed by atoms with Crippen LogP contribution in [0.2, 0.25) is 0 Å². The summed E-state index contributed by atoms with van der Waals surface area (Å²) in [6.45, 7) is 2.32. The predicted octanol–water partition coefficient (Wildman–Crippen LogP) is 3.53. The molecule has 1 amide bonds. The van der Waals surface area contributed by atoms with Crippen LogP contribution in [-0.4, -0.2) is 40.2 Å². The van der Waals surface area contributed by atoms with Crippen LogP contribution in [0, 0.1) is 5.41 Å². The van der Waals surface area contributed by atoms with Crippen LogP contribution in [0.1, 0.15) is 57.4 Å². The van der Waals surface area contributed by atoms with E-state index in [1.165, 1.54) is 19.3 Å². The largest absolute Gasteiger partial charge is 0.343 e. The van der Waals surface area contributed by atoms with Gasteiger partial charge in [0.25, 0.3) is 0 Å². The molecule has 1 saturated carbocycles. The molecule has 5 nitrogen and oxygen atoms in total. The van der Waals surface area contributed by atoms with Crippen molar-refractivity contribution in [1.82, 2.24) is 14.7 Å². The SMILES string of the molecule is Cl.NCC1(CC(=O)N2CCC(n3cc(Br)cn3)CC2)CCCCC1. The van der Waals surface area contributed by atoms with Gasteiger partial charge in [-0.1, -0.05) is 19.3 Å². The number of piperidine rings is 1. The zero-order chi connectivity index (χ0) is 16.3. The van der Waals surface area contributed by atoms with Gasteiger partial charge in [0.05, 0.1) is 16.7 Å². The number of nitrogens with two attached hydrogens (primary N) is 1. The van der Waals surface area contributed by atoms with E-state index in [2.05, 4.69) is 21.0 Å². The molecule has 0 unspecified atom stereocenters. The van der Waals surface area contributed by atoms with Crippen LogP contribution in [0.5, 0.6) is 0 Å². The number of carbonyl (C=O) groups is 1. The summed E-state index contributed by atoms with van der Waals surface area (Å²) < 4.78 is 3.03. The Balaban J connectivity index is 0.00000208. The Hall–Kier alpha value is -0.590. The first-order chi connectivity index (χ1) is 11.1. The molecule has 7 heteroatoms. The molecular weight excluding hydrogens is 392 g/mol. The van der Waals surface area contributed by atoms with Gasteiger partial charge in [-0.05, 0) is 53.6 Å². The normalized spacial score (nSPS) is 21.3. The van der Waals surface area contributed by atoms with E-state index in [9.17, 15) is 4.79 Å². The molecule has 136 valence electrons. The Morgan fingerprint density at radius 1 is 1.29 bits per heavy atom. The molecule has 0 aromatic carbocycles. The molecule has 24 heavy (non-hydrogen) atoms. The number of amides is 1. The van der Waals surface area contributed by atoms with E-state index in [0.717, 1.165) is 43.2 Å². The van der Waals surface area contributed by atoms with Gasteiger partial charge >= 0.3 is 0 Å². The van der Waals surface area contributed by atoms with Crippen molar-refractivity contribution < 1.29 is 4.79 Å². The molecule has 2 heterocycles. The third-order valence-electron chi connectivity index (χ3n) is 5.63. The third kappa shape index (κ3) is 4.52. The highest BCUT2D eigenvalue weighted by Gasteiger charge is 2.35. The van der Waals surface area contributed by atoms with Gasteiger partial charge in [0.1, 0.15) is 0 Å². The molecule has 2 fully saturated rings. The van der Waals surface area contributed by atoms with E-state index in [4.69, 9.17) is 5.73 Å². The summed E-state index contributed by atoms with van der Waals surface area (Å²) in [5.74, 6) is 0.303. The van der Waals surface area contributed by atoms with Crippen molar-refractivity contribution in [1.29, 1.82) is 0 Å². The standard InChI is InChI=1S/C17H27BrN4O.ClH/c18-14-11-20-22(12-14)15-4-8-21(9-5-15)16(23)10-17(13-19)6-2-1-3-7-17;/h11-12,15H,1-10,13,19H2;1H. The van der Waals surface area contributed by atoms with Crippen LogP contribution < -0.4 is 5.73 Å². The summed E-state index contributed by atoms with van der Waals surface area (Å²) in [5, 5.41) is 4.38. The molecule has 1 aliphatic heterocycles. The van der Waals surface area contributed by atoms with Crippen molar-refractivity contribution >= 4 is 34.2 Å². The van der Waals surface area contributed by atoms with Crippen molar-refractivity contribution in [3.63, 3.8) is 0 Å². The lowest BCUT2D eigenvalue weighted by atomic mass is 9.71. The summed E-state index contributed by atoms with van der Waals surface area (Å²) in [6.07, 6.45) is 12.4. The van der Waals surface area contributed by atoms with Gasteiger partial charge in [0.2, 0.25) is 5.91 Å². The first-order valence-corrected chi connectivity index (χ1v) is 9.59. The number of likely N-dealkylation sites (tertiary alicyclic amines) is 1. The molecule has 0 radical (unpaired) electrons. The molecule has 2 aliphatic rings. The molecule has 1 saturated heterocycles. The first kappa shape index (κ1) is 19.7. The second-order valence-corrected chi connectivity index (χ2v) is 8.11. The van der Waals surface area contributed by atoms with Gasteiger partial charge in [-0.15, -0.1) is 12.4 Å². The Kier molecular flexibility index (Phi) is 7.13. The van der Waals surface area contributed by atoms with Crippen molar-refractivity contribution in [2.45, 2.75) is 57.4 Å². The van der Waals surface area contributed by atoms with Crippen molar-refractivity contribution in [2.24, 2.45) is 11.1 Å². The molecule has 3 rings (SSSR count). The topological polar surface area (TPSA) is 64.2 Å². The summed E-state index contributed by atoms with van der Waals surface area (Å²) in [4.78, 5) is 14.8. The number of hydrogen-bond donors (Lipinski definition) is 1. The quantitative estimate of drug-likeness (QED) is 0.812. The molecule has 0 bridgehead atoms. The highest BCUT2D eigenvalue weighted by molar-refractivity contribution is 9.10. The minimum atomic E-state index is 0. The van der Waals surface area contributed by atoms with Gasteiger partial charge in [0, 0.05) is 25.7 Å². The first-order valence-electron chi connectivity index (χ1n) is 8.79. The van der Waals surface area contributed by atoms with Gasteiger partial charge in [0.15, 0.2) is 0 Å². The van der Waals surface area contributed by atoms with E-state index in [-0.39, 0.29) is 17.8 Å². The monoisotopic (exact) mass is 418 g/mol. The maximum atomic E-state index is 12.7. The smallest absolute Gasteiger partial charge is 0.223 e. The number of aromatic nitrogens is 2. The Labute approximate surface area is 158 Å². The van der Waals surface area contributed by atoms with E-state index in [0.29, 0.717) is 24.9 Å². The van der Waals surface area contributed by atoms with Crippen molar-refractivity contribution in [3.8, 4) is 0 Å². The second-order valence-electron chi connectivity index (χ2n) is 7.19. The lowest BCUT2D eigenvalue weighted by molar-refractivity contribution is -0.135. The maximum Gasteiger partial charge on any atom is 0.223 e. The molecule has 0 atom stereocenters. The van der Waals surface area contributed by atoms with Crippen LogP contribution in [0.25, 0.3) is 0 Å². The number of halogens is 2. The van der Waals surface area contributed by atoms with E-state index < -0.39 is 0 Å². The molecule has 0 spiro atoms. The van der Waals surface area contributed by atoms with E-state index in [1.807, 2.05) is 22.0 Å². The lowest BCUT2D eigenvalue weighted by Gasteiger charge is -2.39. The molecular formula is C17H28BrClN4O. The van der Waals surface area contributed by atoms with Gasteiger partial charge in [-0.25, -0.2) is 0 Å². The van der Waals surface area contributed by atoms with Gasteiger partial charge < -0.3 is 10.6 Å². The van der Waals surface area contributed by atoms with Crippen LogP contribution in [0.15, 0.2) is 16.9 Å². The van der Waals surface area contributed by atoms with Crippen molar-refractivity contribution in [3.05, 3.63) is 16.9 Å². The predicted molar refractivity (Wildman–Crippen MR) is 101 cm³/mol. The van der Waals surface area contributed by atoms with Crippen LogP contribution in [0.3, 0.4) is 0 Å². The summed E-state index contributed by atoms with van der Waals surface area (Å²) in [6, 6.07) is 0.406. The second kappa shape index (κ2) is 8.68. The van der Waals surface area contributed by atoms with E-state index >= 15 is 0 Å². The number of carbonyl (C=O) groups excluding carboxylic acids is 1.